The fourth-order valence-electron chi connectivity index (χ4n) is 2.31. The summed E-state index contributed by atoms with van der Waals surface area (Å²) in [5.74, 6) is 2.80. The van der Waals surface area contributed by atoms with E-state index in [9.17, 15) is 0 Å². The molecule has 0 bridgehead atoms. The smallest absolute Gasteiger partial charge is 0.156 e. The Kier molecular flexibility index (Phi) is 3.53. The molecule has 3 heteroatoms. The normalized spacial score (nSPS) is 34.4. The van der Waals surface area contributed by atoms with Crippen LogP contribution in [0.5, 0.6) is 0 Å². The first-order chi connectivity index (χ1) is 7.47. The minimum absolute atomic E-state index is 0.560. The Balaban J connectivity index is 1.74. The third kappa shape index (κ3) is 3.16. The van der Waals surface area contributed by atoms with Crippen molar-refractivity contribution in [3.63, 3.8) is 0 Å². The van der Waals surface area contributed by atoms with Gasteiger partial charge in [0.05, 0.1) is 0 Å². The number of rotatable bonds is 4. The lowest BCUT2D eigenvalue weighted by atomic mass is 10.1. The summed E-state index contributed by atoms with van der Waals surface area (Å²) in [4.78, 5) is 4.71. The Labute approximate surface area is 104 Å². The van der Waals surface area contributed by atoms with E-state index >= 15 is 0 Å². The highest BCUT2D eigenvalue weighted by Crippen LogP contribution is 2.51. The van der Waals surface area contributed by atoms with Crippen LogP contribution in [-0.4, -0.2) is 23.5 Å². The fourth-order valence-corrected chi connectivity index (χ4v) is 3.30. The van der Waals surface area contributed by atoms with Crippen LogP contribution in [0.25, 0.3) is 0 Å². The molecule has 0 amide bonds. The van der Waals surface area contributed by atoms with Crippen LogP contribution in [-0.2, 0) is 0 Å². The van der Waals surface area contributed by atoms with E-state index in [2.05, 4.69) is 33.0 Å². The minimum Gasteiger partial charge on any atom is -0.361 e. The van der Waals surface area contributed by atoms with Crippen molar-refractivity contribution in [1.29, 1.82) is 0 Å². The van der Waals surface area contributed by atoms with Crippen molar-refractivity contribution in [2.45, 2.75) is 46.6 Å². The Bertz CT molecular complexity index is 284. The van der Waals surface area contributed by atoms with Crippen molar-refractivity contribution < 1.29 is 0 Å². The first kappa shape index (κ1) is 12.3. The highest BCUT2D eigenvalue weighted by Gasteiger charge is 2.45. The molecular formula is C13H24N2S. The van der Waals surface area contributed by atoms with Crippen LogP contribution < -0.4 is 5.32 Å². The van der Waals surface area contributed by atoms with Crippen LogP contribution in [0, 0.1) is 17.3 Å². The molecule has 0 radical (unpaired) electrons. The first-order valence-electron chi connectivity index (χ1n) is 6.41. The van der Waals surface area contributed by atoms with Crippen LogP contribution in [0.3, 0.4) is 0 Å². The molecule has 0 aromatic carbocycles. The molecule has 1 saturated heterocycles. The van der Waals surface area contributed by atoms with Gasteiger partial charge in [0.25, 0.3) is 0 Å². The molecule has 2 unspecified atom stereocenters. The summed E-state index contributed by atoms with van der Waals surface area (Å²) in [6.45, 7) is 10.3. The van der Waals surface area contributed by atoms with Crippen molar-refractivity contribution in [1.82, 2.24) is 5.32 Å². The second-order valence-corrected chi connectivity index (χ2v) is 7.33. The summed E-state index contributed by atoms with van der Waals surface area (Å²) in [5, 5.41) is 4.73. The molecular weight excluding hydrogens is 216 g/mol. The van der Waals surface area contributed by atoms with Gasteiger partial charge in [0, 0.05) is 18.3 Å². The van der Waals surface area contributed by atoms with Crippen LogP contribution in [0.4, 0.5) is 0 Å². The first-order valence-corrected chi connectivity index (χ1v) is 7.40. The van der Waals surface area contributed by atoms with Crippen molar-refractivity contribution >= 4 is 16.9 Å². The minimum atomic E-state index is 0.560. The summed E-state index contributed by atoms with van der Waals surface area (Å²) in [6.07, 6.45) is 2.62. The fraction of sp³-hybridized carbons (Fsp3) is 0.923. The van der Waals surface area contributed by atoms with Gasteiger partial charge in [0.2, 0.25) is 0 Å². The number of nitrogens with one attached hydrogen (secondary N) is 1. The molecule has 92 valence electrons. The zero-order valence-electron chi connectivity index (χ0n) is 10.9. The monoisotopic (exact) mass is 240 g/mol. The zero-order chi connectivity index (χ0) is 11.8. The lowest BCUT2D eigenvalue weighted by Crippen LogP contribution is -2.28. The molecule has 16 heavy (non-hydrogen) atoms. The molecule has 2 rings (SSSR count). The molecule has 0 aromatic rings. The van der Waals surface area contributed by atoms with Crippen molar-refractivity contribution in [2.24, 2.45) is 22.2 Å². The Hall–Kier alpha value is -0.180. The van der Waals surface area contributed by atoms with E-state index in [1.807, 2.05) is 11.8 Å². The van der Waals surface area contributed by atoms with Gasteiger partial charge < -0.3 is 5.32 Å². The van der Waals surface area contributed by atoms with Gasteiger partial charge in [-0.3, -0.25) is 4.99 Å². The summed E-state index contributed by atoms with van der Waals surface area (Å²) < 4.78 is 0. The van der Waals surface area contributed by atoms with Gasteiger partial charge >= 0.3 is 0 Å². The van der Waals surface area contributed by atoms with E-state index in [0.29, 0.717) is 11.5 Å². The molecule has 0 aromatic heterocycles. The summed E-state index contributed by atoms with van der Waals surface area (Å²) in [7, 11) is 0. The molecule has 1 aliphatic carbocycles. The molecule has 2 nitrogen and oxygen atoms in total. The lowest BCUT2D eigenvalue weighted by molar-refractivity contribution is 0.502. The maximum Gasteiger partial charge on any atom is 0.156 e. The maximum absolute atomic E-state index is 4.71. The molecule has 0 spiro atoms. The molecule has 2 atom stereocenters. The number of hydrogen-bond donors (Lipinski definition) is 1. The molecule has 1 heterocycles. The molecule has 1 saturated carbocycles. The van der Waals surface area contributed by atoms with E-state index in [1.54, 1.807) is 0 Å². The van der Waals surface area contributed by atoms with Crippen LogP contribution in [0.1, 0.15) is 40.5 Å². The summed E-state index contributed by atoms with van der Waals surface area (Å²) in [5.41, 5.74) is 0.560. The third-order valence-electron chi connectivity index (χ3n) is 3.68. The van der Waals surface area contributed by atoms with Crippen LogP contribution >= 0.6 is 11.8 Å². The van der Waals surface area contributed by atoms with E-state index in [4.69, 9.17) is 4.99 Å². The quantitative estimate of drug-likeness (QED) is 0.816. The predicted molar refractivity (Wildman–Crippen MR) is 73.0 cm³/mol. The van der Waals surface area contributed by atoms with Gasteiger partial charge in [0.15, 0.2) is 5.17 Å². The average Bonchev–Trinajstić information content (AvgIpc) is 2.58. The number of aliphatic imine (C=N–C) groups is 1. The van der Waals surface area contributed by atoms with E-state index in [0.717, 1.165) is 18.4 Å². The van der Waals surface area contributed by atoms with Crippen LogP contribution in [0.2, 0.25) is 0 Å². The molecule has 2 aliphatic rings. The topological polar surface area (TPSA) is 24.4 Å². The zero-order valence-corrected chi connectivity index (χ0v) is 11.7. The Morgan fingerprint density at radius 2 is 2.19 bits per heavy atom. The van der Waals surface area contributed by atoms with Gasteiger partial charge in [-0.2, -0.15) is 0 Å². The summed E-state index contributed by atoms with van der Waals surface area (Å²) >= 11 is 1.90. The highest BCUT2D eigenvalue weighted by atomic mass is 32.2. The second kappa shape index (κ2) is 4.59. The molecule has 1 aliphatic heterocycles. The number of nitrogens with zero attached hydrogens (tertiary/aromatic N) is 1. The lowest BCUT2D eigenvalue weighted by Gasteiger charge is -2.11. The Morgan fingerprint density at radius 1 is 1.50 bits per heavy atom. The van der Waals surface area contributed by atoms with E-state index < -0.39 is 0 Å². The predicted octanol–water partition coefficient (Wildman–Crippen LogP) is 3.14. The van der Waals surface area contributed by atoms with Gasteiger partial charge in [0.1, 0.15) is 0 Å². The standard InChI is InChI=1S/C13H24N2S/c1-9(2)5-11-8-16-12(15-11)14-7-10-6-13(10,3)4/h9-11H,5-8H2,1-4H3,(H,14,15). The number of amidine groups is 1. The van der Waals surface area contributed by atoms with Gasteiger partial charge in [-0.15, -0.1) is 0 Å². The maximum atomic E-state index is 4.71. The van der Waals surface area contributed by atoms with Gasteiger partial charge in [-0.25, -0.2) is 0 Å². The average molecular weight is 240 g/mol. The van der Waals surface area contributed by atoms with Gasteiger partial charge in [-0.1, -0.05) is 39.5 Å². The van der Waals surface area contributed by atoms with Crippen LogP contribution in [0.15, 0.2) is 4.99 Å². The number of thioether (sulfide) groups is 1. The van der Waals surface area contributed by atoms with Crippen molar-refractivity contribution in [3.05, 3.63) is 0 Å². The molecule has 2 fully saturated rings. The third-order valence-corrected chi connectivity index (χ3v) is 4.77. The van der Waals surface area contributed by atoms with E-state index in [1.165, 1.54) is 23.8 Å². The number of hydrogen-bond acceptors (Lipinski definition) is 2. The second-order valence-electron chi connectivity index (χ2n) is 6.32. The van der Waals surface area contributed by atoms with Crippen molar-refractivity contribution in [3.8, 4) is 0 Å². The molecule has 1 N–H and O–H groups in total. The van der Waals surface area contributed by atoms with Crippen molar-refractivity contribution in [2.75, 3.05) is 12.3 Å². The summed E-state index contributed by atoms with van der Waals surface area (Å²) in [6, 6.07) is 0.649. The van der Waals surface area contributed by atoms with Gasteiger partial charge in [-0.05, 0) is 30.1 Å². The highest BCUT2D eigenvalue weighted by molar-refractivity contribution is 8.14. The van der Waals surface area contributed by atoms with E-state index in [-0.39, 0.29) is 0 Å². The largest absolute Gasteiger partial charge is 0.361 e. The SMILES string of the molecule is CC(C)CC1CSC(=NCC2CC2(C)C)N1. The Morgan fingerprint density at radius 3 is 2.75 bits per heavy atom.